The number of β-amino-alcohol motifs (C(OH)–C–C–N with tert-alkyl or cyclic N) is 1. The zero-order valence-corrected chi connectivity index (χ0v) is 11.7. The van der Waals surface area contributed by atoms with E-state index in [-0.39, 0.29) is 24.5 Å². The van der Waals surface area contributed by atoms with Gasteiger partial charge in [0.25, 0.3) is 5.91 Å². The molecule has 23 heavy (non-hydrogen) atoms. The lowest BCUT2D eigenvalue weighted by Crippen LogP contribution is -2.53. The molecule has 0 spiro atoms. The Hall–Kier alpha value is -2.55. The second kappa shape index (κ2) is 5.27. The number of aliphatic hydroxyl groups excluding tert-OH is 1. The Kier molecular flexibility index (Phi) is 3.52. The van der Waals surface area contributed by atoms with E-state index in [2.05, 4.69) is 5.10 Å². The van der Waals surface area contributed by atoms with Crippen molar-refractivity contribution in [3.63, 3.8) is 0 Å². The largest absolute Gasteiger partial charge is 0.504 e. The molecule has 0 bridgehead atoms. The Labute approximate surface area is 128 Å². The Balaban J connectivity index is 1.97. The average molecular weight is 327 g/mol. The third kappa shape index (κ3) is 2.74. The van der Waals surface area contributed by atoms with Crippen LogP contribution >= 0.6 is 0 Å². The van der Waals surface area contributed by atoms with E-state index in [9.17, 15) is 28.2 Å². The van der Waals surface area contributed by atoms with Gasteiger partial charge in [0.15, 0.2) is 11.4 Å². The van der Waals surface area contributed by atoms with E-state index in [1.807, 2.05) is 0 Å². The van der Waals surface area contributed by atoms with Crippen molar-refractivity contribution in [1.82, 2.24) is 14.7 Å². The molecule has 122 valence electrons. The maximum atomic E-state index is 13.0. The van der Waals surface area contributed by atoms with Gasteiger partial charge in [-0.2, -0.15) is 18.3 Å². The van der Waals surface area contributed by atoms with Gasteiger partial charge in [0.2, 0.25) is 0 Å². The number of carbonyl (C=O) groups is 1. The van der Waals surface area contributed by atoms with Crippen molar-refractivity contribution in [3.8, 4) is 11.4 Å². The molecule has 1 aliphatic rings. The number of aromatic hydroxyl groups is 1. The van der Waals surface area contributed by atoms with Gasteiger partial charge < -0.3 is 15.1 Å². The Morgan fingerprint density at radius 3 is 2.52 bits per heavy atom. The predicted octanol–water partition coefficient (Wildman–Crippen LogP) is 1.41. The first-order valence-corrected chi connectivity index (χ1v) is 6.70. The van der Waals surface area contributed by atoms with Gasteiger partial charge in [-0.1, -0.05) is 12.1 Å². The van der Waals surface area contributed by atoms with E-state index >= 15 is 0 Å². The summed E-state index contributed by atoms with van der Waals surface area (Å²) in [6.07, 6.45) is -4.27. The molecular formula is C14H12F3N3O3. The van der Waals surface area contributed by atoms with E-state index in [4.69, 9.17) is 0 Å². The lowest BCUT2D eigenvalue weighted by Gasteiger charge is -2.35. The number of hydrogen-bond donors (Lipinski definition) is 2. The van der Waals surface area contributed by atoms with Gasteiger partial charge >= 0.3 is 6.18 Å². The smallest absolute Gasteiger partial charge is 0.418 e. The zero-order chi connectivity index (χ0) is 16.8. The van der Waals surface area contributed by atoms with Gasteiger partial charge in [0, 0.05) is 13.1 Å². The molecule has 0 radical (unpaired) electrons. The minimum Gasteiger partial charge on any atom is -0.504 e. The molecule has 9 heteroatoms. The van der Waals surface area contributed by atoms with Crippen molar-refractivity contribution in [3.05, 3.63) is 41.7 Å². The van der Waals surface area contributed by atoms with E-state index in [0.717, 1.165) is 16.9 Å². The van der Waals surface area contributed by atoms with Crippen molar-refractivity contribution >= 4 is 5.91 Å². The minimum atomic E-state index is -4.59. The molecule has 1 aromatic heterocycles. The Morgan fingerprint density at radius 2 is 1.91 bits per heavy atom. The summed E-state index contributed by atoms with van der Waals surface area (Å²) in [6, 6.07) is 4.72. The summed E-state index contributed by atoms with van der Waals surface area (Å²) in [5, 5.41) is 22.8. The second-order valence-electron chi connectivity index (χ2n) is 5.19. The number of nitrogens with zero attached hydrogens (tertiary/aromatic N) is 3. The van der Waals surface area contributed by atoms with E-state index in [0.29, 0.717) is 0 Å². The molecule has 0 aliphatic carbocycles. The van der Waals surface area contributed by atoms with Crippen LogP contribution in [-0.2, 0) is 6.18 Å². The highest BCUT2D eigenvalue weighted by atomic mass is 19.4. The molecule has 0 saturated carbocycles. The summed E-state index contributed by atoms with van der Waals surface area (Å²) >= 11 is 0. The summed E-state index contributed by atoms with van der Waals surface area (Å²) in [7, 11) is 0. The molecule has 2 N–H and O–H groups in total. The van der Waals surface area contributed by atoms with Crippen LogP contribution in [-0.4, -0.2) is 50.0 Å². The van der Waals surface area contributed by atoms with Crippen molar-refractivity contribution in [2.45, 2.75) is 12.3 Å². The van der Waals surface area contributed by atoms with Crippen LogP contribution in [0.4, 0.5) is 13.2 Å². The highest BCUT2D eigenvalue weighted by molar-refractivity contribution is 5.95. The SMILES string of the molecule is O=C(c1nn(-c2ccccc2C(F)(F)F)cc1O)N1CC(O)C1. The molecule has 0 unspecified atom stereocenters. The molecule has 6 nitrogen and oxygen atoms in total. The standard InChI is InChI=1S/C14H12F3N3O3/c15-14(16,17)9-3-1-2-4-10(9)20-7-11(22)12(18-20)13(23)19-5-8(21)6-19/h1-4,7-8,21-22H,5-6H2. The number of alkyl halides is 3. The predicted molar refractivity (Wildman–Crippen MR) is 72.1 cm³/mol. The lowest BCUT2D eigenvalue weighted by atomic mass is 10.1. The van der Waals surface area contributed by atoms with Gasteiger partial charge in [-0.25, -0.2) is 4.68 Å². The third-order valence-electron chi connectivity index (χ3n) is 3.50. The summed E-state index contributed by atoms with van der Waals surface area (Å²) in [4.78, 5) is 13.3. The van der Waals surface area contributed by atoms with Gasteiger partial charge in [-0.3, -0.25) is 4.79 Å². The second-order valence-corrected chi connectivity index (χ2v) is 5.19. The maximum absolute atomic E-state index is 13.0. The van der Waals surface area contributed by atoms with Gasteiger partial charge in [-0.15, -0.1) is 0 Å². The number of halogens is 3. The van der Waals surface area contributed by atoms with Gasteiger partial charge in [0.05, 0.1) is 23.6 Å². The zero-order valence-electron chi connectivity index (χ0n) is 11.7. The fraction of sp³-hybridized carbons (Fsp3) is 0.286. The van der Waals surface area contributed by atoms with Crippen LogP contribution in [0.3, 0.4) is 0 Å². The van der Waals surface area contributed by atoms with Gasteiger partial charge in [-0.05, 0) is 12.1 Å². The molecule has 2 aromatic rings. The van der Waals surface area contributed by atoms with Crippen LogP contribution in [0.15, 0.2) is 30.5 Å². The van der Waals surface area contributed by atoms with E-state index in [1.54, 1.807) is 0 Å². The summed E-state index contributed by atoms with van der Waals surface area (Å²) < 4.78 is 39.9. The normalized spacial score (nSPS) is 15.6. The van der Waals surface area contributed by atoms with Crippen LogP contribution in [0.1, 0.15) is 16.1 Å². The first-order chi connectivity index (χ1) is 10.8. The first-order valence-electron chi connectivity index (χ1n) is 6.70. The Morgan fingerprint density at radius 1 is 1.26 bits per heavy atom. The molecule has 1 fully saturated rings. The highest BCUT2D eigenvalue weighted by Crippen LogP contribution is 2.34. The van der Waals surface area contributed by atoms with Crippen LogP contribution < -0.4 is 0 Å². The van der Waals surface area contributed by atoms with Crippen LogP contribution in [0.2, 0.25) is 0 Å². The number of amides is 1. The fourth-order valence-electron chi connectivity index (χ4n) is 2.32. The molecule has 0 atom stereocenters. The van der Waals surface area contributed by atoms with Crippen molar-refractivity contribution in [2.75, 3.05) is 13.1 Å². The number of aliphatic hydroxyl groups is 1. The van der Waals surface area contributed by atoms with E-state index in [1.165, 1.54) is 23.1 Å². The molecule has 1 amide bonds. The number of aromatic nitrogens is 2. The first kappa shape index (κ1) is 15.3. The quantitative estimate of drug-likeness (QED) is 0.874. The number of likely N-dealkylation sites (tertiary alicyclic amines) is 1. The van der Waals surface area contributed by atoms with Crippen LogP contribution in [0, 0.1) is 0 Å². The number of benzene rings is 1. The Bertz CT molecular complexity index is 751. The average Bonchev–Trinajstić information content (AvgIpc) is 2.84. The molecule has 1 aliphatic heterocycles. The minimum absolute atomic E-state index is 0.101. The van der Waals surface area contributed by atoms with Crippen molar-refractivity contribution in [2.24, 2.45) is 0 Å². The molecule has 3 rings (SSSR count). The van der Waals surface area contributed by atoms with Crippen LogP contribution in [0.25, 0.3) is 5.69 Å². The molecule has 1 saturated heterocycles. The fourth-order valence-corrected chi connectivity index (χ4v) is 2.32. The van der Waals surface area contributed by atoms with E-state index < -0.39 is 29.5 Å². The highest BCUT2D eigenvalue weighted by Gasteiger charge is 2.35. The number of hydrogen-bond acceptors (Lipinski definition) is 4. The van der Waals surface area contributed by atoms with Crippen molar-refractivity contribution in [1.29, 1.82) is 0 Å². The molecular weight excluding hydrogens is 315 g/mol. The van der Waals surface area contributed by atoms with Gasteiger partial charge in [0.1, 0.15) is 0 Å². The number of rotatable bonds is 2. The van der Waals surface area contributed by atoms with Crippen molar-refractivity contribution < 1.29 is 28.2 Å². The maximum Gasteiger partial charge on any atom is 0.418 e. The van der Waals surface area contributed by atoms with Crippen LogP contribution in [0.5, 0.6) is 5.75 Å². The third-order valence-corrected chi connectivity index (χ3v) is 3.50. The monoisotopic (exact) mass is 327 g/mol. The summed E-state index contributed by atoms with van der Waals surface area (Å²) in [5.41, 5.74) is -1.58. The molecule has 1 aromatic carbocycles. The topological polar surface area (TPSA) is 78.6 Å². The lowest BCUT2D eigenvalue weighted by molar-refractivity contribution is -0.137. The number of para-hydroxylation sites is 1. The number of carbonyl (C=O) groups excluding carboxylic acids is 1. The summed E-state index contributed by atoms with van der Waals surface area (Å²) in [5.74, 6) is -1.16. The summed E-state index contributed by atoms with van der Waals surface area (Å²) in [6.45, 7) is 0.203. The molecule has 2 heterocycles.